The van der Waals surface area contributed by atoms with Gasteiger partial charge in [0.25, 0.3) is 0 Å². The fourth-order valence-electron chi connectivity index (χ4n) is 5.00. The molecule has 0 bridgehead atoms. The molecule has 2 saturated carbocycles. The number of aryl methyl sites for hydroxylation is 1. The highest BCUT2D eigenvalue weighted by Gasteiger charge is 2.72. The Morgan fingerprint density at radius 2 is 2.00 bits per heavy atom. The van der Waals surface area contributed by atoms with E-state index in [1.54, 1.807) is 0 Å². The SMILES string of the molecule is CCc1nccn1CCNC(=O)C1(c2ccccc2)CC12CCCC2. The normalized spacial score (nSPS) is 23.7. The lowest BCUT2D eigenvalue weighted by molar-refractivity contribution is -0.124. The second-order valence-corrected chi connectivity index (χ2v) is 7.58. The number of rotatable bonds is 6. The van der Waals surface area contributed by atoms with E-state index in [0.29, 0.717) is 6.54 Å². The molecule has 2 aliphatic rings. The largest absolute Gasteiger partial charge is 0.354 e. The first-order valence-corrected chi connectivity index (χ1v) is 9.56. The van der Waals surface area contributed by atoms with Gasteiger partial charge in [0.1, 0.15) is 5.82 Å². The number of nitrogens with zero attached hydrogens (tertiary/aromatic N) is 2. The van der Waals surface area contributed by atoms with Gasteiger partial charge in [0.15, 0.2) is 0 Å². The topological polar surface area (TPSA) is 46.9 Å². The fraction of sp³-hybridized carbons (Fsp3) is 0.524. The molecule has 2 aliphatic carbocycles. The number of imidazole rings is 1. The predicted molar refractivity (Wildman–Crippen MR) is 98.3 cm³/mol. The Labute approximate surface area is 149 Å². The van der Waals surface area contributed by atoms with Gasteiger partial charge in [-0.15, -0.1) is 0 Å². The number of carbonyl (C=O) groups is 1. The summed E-state index contributed by atoms with van der Waals surface area (Å²) in [5, 5.41) is 3.24. The van der Waals surface area contributed by atoms with Gasteiger partial charge in [-0.25, -0.2) is 4.98 Å². The van der Waals surface area contributed by atoms with Crippen molar-refractivity contribution in [1.82, 2.24) is 14.9 Å². The highest BCUT2D eigenvalue weighted by Crippen LogP contribution is 2.72. The molecule has 1 unspecified atom stereocenters. The van der Waals surface area contributed by atoms with Crippen LogP contribution in [0.25, 0.3) is 0 Å². The van der Waals surface area contributed by atoms with Crippen LogP contribution in [0.1, 0.15) is 50.4 Å². The number of amides is 1. The van der Waals surface area contributed by atoms with Crippen molar-refractivity contribution in [3.8, 4) is 0 Å². The van der Waals surface area contributed by atoms with Crippen molar-refractivity contribution in [3.05, 3.63) is 54.1 Å². The number of hydrogen-bond donors (Lipinski definition) is 1. The quantitative estimate of drug-likeness (QED) is 0.877. The first kappa shape index (κ1) is 16.4. The van der Waals surface area contributed by atoms with Crippen LogP contribution < -0.4 is 5.32 Å². The van der Waals surface area contributed by atoms with Crippen molar-refractivity contribution in [2.75, 3.05) is 6.54 Å². The Morgan fingerprint density at radius 1 is 1.24 bits per heavy atom. The minimum atomic E-state index is -0.298. The molecule has 1 atom stereocenters. The lowest BCUT2D eigenvalue weighted by Crippen LogP contribution is -2.39. The van der Waals surface area contributed by atoms with Crippen LogP contribution in [-0.4, -0.2) is 22.0 Å². The average molecular weight is 337 g/mol. The molecule has 2 aromatic rings. The summed E-state index contributed by atoms with van der Waals surface area (Å²) in [6.07, 6.45) is 10.7. The Morgan fingerprint density at radius 3 is 2.72 bits per heavy atom. The number of nitrogens with one attached hydrogen (secondary N) is 1. The van der Waals surface area contributed by atoms with Gasteiger partial charge >= 0.3 is 0 Å². The van der Waals surface area contributed by atoms with Gasteiger partial charge in [0.2, 0.25) is 5.91 Å². The van der Waals surface area contributed by atoms with E-state index in [0.717, 1.165) is 25.2 Å². The van der Waals surface area contributed by atoms with E-state index in [9.17, 15) is 4.79 Å². The van der Waals surface area contributed by atoms with Crippen molar-refractivity contribution in [3.63, 3.8) is 0 Å². The van der Waals surface area contributed by atoms with Crippen LogP contribution >= 0.6 is 0 Å². The summed E-state index contributed by atoms with van der Waals surface area (Å²) < 4.78 is 2.13. The standard InChI is InChI=1S/C21H27N3O/c1-2-18-22-12-14-24(18)15-13-23-19(25)21(17-8-4-3-5-9-17)16-20(21)10-6-7-11-20/h3-5,8-9,12,14H,2,6-7,10-11,13,15-16H2,1H3,(H,23,25). The van der Waals surface area contributed by atoms with Crippen LogP contribution in [-0.2, 0) is 23.2 Å². The number of carbonyl (C=O) groups excluding carboxylic acids is 1. The molecule has 4 nitrogen and oxygen atoms in total. The summed E-state index contributed by atoms with van der Waals surface area (Å²) >= 11 is 0. The molecular weight excluding hydrogens is 310 g/mol. The maximum Gasteiger partial charge on any atom is 0.231 e. The molecule has 0 radical (unpaired) electrons. The van der Waals surface area contributed by atoms with Crippen LogP contribution in [0, 0.1) is 5.41 Å². The van der Waals surface area contributed by atoms with E-state index in [1.165, 1.54) is 31.2 Å². The van der Waals surface area contributed by atoms with Crippen molar-refractivity contribution >= 4 is 5.91 Å². The molecule has 0 saturated heterocycles. The molecule has 1 aromatic heterocycles. The second kappa shape index (κ2) is 6.32. The van der Waals surface area contributed by atoms with E-state index >= 15 is 0 Å². The molecule has 2 fully saturated rings. The lowest BCUT2D eigenvalue weighted by atomic mass is 9.84. The first-order chi connectivity index (χ1) is 12.2. The fourth-order valence-corrected chi connectivity index (χ4v) is 5.00. The van der Waals surface area contributed by atoms with Crippen molar-refractivity contribution in [2.45, 2.75) is 57.4 Å². The van der Waals surface area contributed by atoms with E-state index in [-0.39, 0.29) is 16.7 Å². The molecule has 25 heavy (non-hydrogen) atoms. The maximum atomic E-state index is 13.2. The number of aromatic nitrogens is 2. The molecule has 4 rings (SSSR count). The van der Waals surface area contributed by atoms with Gasteiger partial charge < -0.3 is 9.88 Å². The van der Waals surface area contributed by atoms with Crippen LogP contribution in [0.4, 0.5) is 0 Å². The molecule has 1 aromatic carbocycles. The smallest absolute Gasteiger partial charge is 0.231 e. The zero-order valence-corrected chi connectivity index (χ0v) is 15.0. The van der Waals surface area contributed by atoms with Crippen LogP contribution in [0.2, 0.25) is 0 Å². The third-order valence-electron chi connectivity index (χ3n) is 6.35. The molecule has 1 amide bonds. The van der Waals surface area contributed by atoms with Gasteiger partial charge in [0, 0.05) is 31.9 Å². The van der Waals surface area contributed by atoms with E-state index in [1.807, 2.05) is 18.5 Å². The molecule has 132 valence electrons. The van der Waals surface area contributed by atoms with Crippen LogP contribution in [0.3, 0.4) is 0 Å². The zero-order valence-electron chi connectivity index (χ0n) is 15.0. The van der Waals surface area contributed by atoms with Gasteiger partial charge in [-0.05, 0) is 30.2 Å². The second-order valence-electron chi connectivity index (χ2n) is 7.58. The van der Waals surface area contributed by atoms with E-state index in [2.05, 4.69) is 46.1 Å². The van der Waals surface area contributed by atoms with Gasteiger partial charge in [-0.2, -0.15) is 0 Å². The van der Waals surface area contributed by atoms with Gasteiger partial charge in [-0.3, -0.25) is 4.79 Å². The molecule has 1 N–H and O–H groups in total. The van der Waals surface area contributed by atoms with Crippen molar-refractivity contribution in [1.29, 1.82) is 0 Å². The molecular formula is C21H27N3O. The highest BCUT2D eigenvalue weighted by atomic mass is 16.2. The maximum absolute atomic E-state index is 13.2. The minimum absolute atomic E-state index is 0.210. The van der Waals surface area contributed by atoms with Crippen molar-refractivity contribution < 1.29 is 4.79 Å². The molecule has 1 heterocycles. The van der Waals surface area contributed by atoms with E-state index in [4.69, 9.17) is 0 Å². The Hall–Kier alpha value is -2.10. The molecule has 4 heteroatoms. The summed E-state index contributed by atoms with van der Waals surface area (Å²) in [4.78, 5) is 17.6. The lowest BCUT2D eigenvalue weighted by Gasteiger charge is -2.23. The predicted octanol–water partition coefficient (Wildman–Crippen LogP) is 3.46. The third kappa shape index (κ3) is 2.59. The summed E-state index contributed by atoms with van der Waals surface area (Å²) in [5.74, 6) is 1.30. The first-order valence-electron chi connectivity index (χ1n) is 9.56. The Bertz CT molecular complexity index is 746. The van der Waals surface area contributed by atoms with Gasteiger partial charge in [-0.1, -0.05) is 50.1 Å². The zero-order chi connectivity index (χ0) is 17.3. The average Bonchev–Trinajstić information content (AvgIpc) is 2.96. The summed E-state index contributed by atoms with van der Waals surface area (Å²) in [6.45, 7) is 3.55. The summed E-state index contributed by atoms with van der Waals surface area (Å²) in [5.41, 5.74) is 1.11. The summed E-state index contributed by atoms with van der Waals surface area (Å²) in [7, 11) is 0. The molecule has 0 aliphatic heterocycles. The Balaban J connectivity index is 1.48. The van der Waals surface area contributed by atoms with Crippen LogP contribution in [0.5, 0.6) is 0 Å². The molecule has 1 spiro atoms. The highest BCUT2D eigenvalue weighted by molar-refractivity contribution is 5.93. The third-order valence-corrected chi connectivity index (χ3v) is 6.35. The summed E-state index contributed by atoms with van der Waals surface area (Å²) in [6, 6.07) is 10.4. The van der Waals surface area contributed by atoms with Gasteiger partial charge in [0.05, 0.1) is 5.41 Å². The number of hydrogen-bond acceptors (Lipinski definition) is 2. The Kier molecular flexibility index (Phi) is 4.14. The minimum Gasteiger partial charge on any atom is -0.354 e. The van der Waals surface area contributed by atoms with Crippen molar-refractivity contribution in [2.24, 2.45) is 5.41 Å². The van der Waals surface area contributed by atoms with E-state index < -0.39 is 0 Å². The number of benzene rings is 1. The monoisotopic (exact) mass is 337 g/mol. The van der Waals surface area contributed by atoms with Crippen LogP contribution in [0.15, 0.2) is 42.7 Å².